The minimum Gasteiger partial charge on any atom is -0.322 e. The zero-order valence-electron chi connectivity index (χ0n) is 10.9. The van der Waals surface area contributed by atoms with Gasteiger partial charge in [-0.05, 0) is 12.5 Å². The molecular weight excluding hydrogens is 250 g/mol. The van der Waals surface area contributed by atoms with Gasteiger partial charge in [-0.1, -0.05) is 18.5 Å². The summed E-state index contributed by atoms with van der Waals surface area (Å²) in [5, 5.41) is 9.42. The summed E-state index contributed by atoms with van der Waals surface area (Å²) in [5.41, 5.74) is 8.90. The van der Waals surface area contributed by atoms with E-state index < -0.39 is 0 Å². The van der Waals surface area contributed by atoms with Crippen molar-refractivity contribution < 1.29 is 0 Å². The van der Waals surface area contributed by atoms with Gasteiger partial charge in [0.15, 0.2) is 0 Å². The van der Waals surface area contributed by atoms with Gasteiger partial charge in [-0.3, -0.25) is 9.36 Å². The molecule has 0 spiro atoms. The summed E-state index contributed by atoms with van der Waals surface area (Å²) < 4.78 is 3.56. The second-order valence-electron chi connectivity index (χ2n) is 4.41. The van der Waals surface area contributed by atoms with Crippen LogP contribution in [0.1, 0.15) is 30.0 Å². The van der Waals surface area contributed by atoms with E-state index in [4.69, 9.17) is 17.3 Å². The van der Waals surface area contributed by atoms with Gasteiger partial charge in [-0.2, -0.15) is 10.2 Å². The van der Waals surface area contributed by atoms with Crippen LogP contribution >= 0.6 is 11.6 Å². The molecule has 0 fully saturated rings. The summed E-state index contributed by atoms with van der Waals surface area (Å²) >= 11 is 6.30. The predicted octanol–water partition coefficient (Wildman–Crippen LogP) is 1.61. The van der Waals surface area contributed by atoms with Crippen LogP contribution in [0.25, 0.3) is 0 Å². The lowest BCUT2D eigenvalue weighted by Crippen LogP contribution is -2.16. The normalized spacial score (nSPS) is 12.9. The lowest BCUT2D eigenvalue weighted by Gasteiger charge is -2.09. The Kier molecular flexibility index (Phi) is 3.73. The third-order valence-corrected chi connectivity index (χ3v) is 3.47. The maximum absolute atomic E-state index is 6.30. The van der Waals surface area contributed by atoms with Gasteiger partial charge in [0.05, 0.1) is 28.1 Å². The minimum absolute atomic E-state index is 0.163. The molecule has 0 bridgehead atoms. The maximum Gasteiger partial charge on any atom is 0.0850 e. The number of nitrogens with two attached hydrogens (primary N) is 1. The molecule has 6 heteroatoms. The molecule has 18 heavy (non-hydrogen) atoms. The first-order valence-electron chi connectivity index (χ1n) is 5.98. The van der Waals surface area contributed by atoms with Gasteiger partial charge in [0.2, 0.25) is 0 Å². The first-order valence-corrected chi connectivity index (χ1v) is 6.36. The molecule has 0 aliphatic rings. The van der Waals surface area contributed by atoms with Crippen LogP contribution in [-0.4, -0.2) is 19.6 Å². The van der Waals surface area contributed by atoms with Crippen molar-refractivity contribution in [2.24, 2.45) is 19.8 Å². The van der Waals surface area contributed by atoms with Gasteiger partial charge in [-0.15, -0.1) is 0 Å². The molecule has 0 saturated carbocycles. The fraction of sp³-hybridized carbons (Fsp3) is 0.500. The number of hydrogen-bond acceptors (Lipinski definition) is 3. The number of aromatic nitrogens is 4. The standard InChI is InChI=1S/C12H18ClN5/c1-4-9-12(13)11(18(3)16-9)7-8(14)10-5-6-17(2)15-10/h5-6,8H,4,7,14H2,1-3H3. The Bertz CT molecular complexity index is 543. The molecule has 5 nitrogen and oxygen atoms in total. The number of rotatable bonds is 4. The van der Waals surface area contributed by atoms with Crippen molar-refractivity contribution in [1.29, 1.82) is 0 Å². The van der Waals surface area contributed by atoms with Crippen LogP contribution in [0.15, 0.2) is 12.3 Å². The van der Waals surface area contributed by atoms with Crippen LogP contribution in [0.5, 0.6) is 0 Å². The molecule has 0 radical (unpaired) electrons. The Balaban J connectivity index is 2.21. The van der Waals surface area contributed by atoms with Crippen LogP contribution in [0, 0.1) is 0 Å². The summed E-state index contributed by atoms with van der Waals surface area (Å²) in [6.45, 7) is 2.04. The van der Waals surface area contributed by atoms with Crippen molar-refractivity contribution in [2.75, 3.05) is 0 Å². The number of halogens is 1. The lowest BCUT2D eigenvalue weighted by molar-refractivity contribution is 0.613. The number of aryl methyl sites for hydroxylation is 3. The monoisotopic (exact) mass is 267 g/mol. The van der Waals surface area contributed by atoms with Crippen molar-refractivity contribution in [3.8, 4) is 0 Å². The van der Waals surface area contributed by atoms with E-state index in [2.05, 4.69) is 10.2 Å². The molecule has 0 aromatic carbocycles. The Morgan fingerprint density at radius 2 is 2.11 bits per heavy atom. The van der Waals surface area contributed by atoms with Crippen LogP contribution < -0.4 is 5.73 Å². The van der Waals surface area contributed by atoms with Gasteiger partial charge >= 0.3 is 0 Å². The van der Waals surface area contributed by atoms with E-state index in [0.717, 1.165) is 28.5 Å². The average molecular weight is 268 g/mol. The molecule has 0 saturated heterocycles. The smallest absolute Gasteiger partial charge is 0.0850 e. The number of hydrogen-bond donors (Lipinski definition) is 1. The highest BCUT2D eigenvalue weighted by Crippen LogP contribution is 2.24. The molecule has 0 amide bonds. The highest BCUT2D eigenvalue weighted by molar-refractivity contribution is 6.31. The zero-order valence-corrected chi connectivity index (χ0v) is 11.6. The Morgan fingerprint density at radius 3 is 2.61 bits per heavy atom. The first kappa shape index (κ1) is 13.1. The van der Waals surface area contributed by atoms with Crippen molar-refractivity contribution >= 4 is 11.6 Å². The fourth-order valence-corrected chi connectivity index (χ4v) is 2.36. The highest BCUT2D eigenvalue weighted by Gasteiger charge is 2.18. The summed E-state index contributed by atoms with van der Waals surface area (Å²) in [7, 11) is 3.77. The molecule has 2 heterocycles. The van der Waals surface area contributed by atoms with Gasteiger partial charge in [-0.25, -0.2) is 0 Å². The van der Waals surface area contributed by atoms with Crippen molar-refractivity contribution in [1.82, 2.24) is 19.6 Å². The van der Waals surface area contributed by atoms with Gasteiger partial charge in [0, 0.05) is 26.7 Å². The Labute approximate surface area is 112 Å². The molecule has 2 rings (SSSR count). The molecule has 1 atom stereocenters. The van der Waals surface area contributed by atoms with Crippen molar-refractivity contribution in [3.05, 3.63) is 34.4 Å². The third-order valence-electron chi connectivity index (χ3n) is 3.03. The Hall–Kier alpha value is -1.33. The van der Waals surface area contributed by atoms with Crippen molar-refractivity contribution in [2.45, 2.75) is 25.8 Å². The average Bonchev–Trinajstić information content (AvgIpc) is 2.87. The summed E-state index contributed by atoms with van der Waals surface area (Å²) in [5.74, 6) is 0. The van der Waals surface area contributed by atoms with E-state index in [-0.39, 0.29) is 6.04 Å². The van der Waals surface area contributed by atoms with E-state index in [0.29, 0.717) is 6.42 Å². The van der Waals surface area contributed by atoms with Crippen LogP contribution in [0.2, 0.25) is 5.02 Å². The van der Waals surface area contributed by atoms with E-state index in [1.807, 2.05) is 38.0 Å². The molecule has 98 valence electrons. The molecule has 2 aromatic rings. The highest BCUT2D eigenvalue weighted by atomic mass is 35.5. The fourth-order valence-electron chi connectivity index (χ4n) is 1.99. The second-order valence-corrected chi connectivity index (χ2v) is 4.79. The summed E-state index contributed by atoms with van der Waals surface area (Å²) in [4.78, 5) is 0. The maximum atomic E-state index is 6.30. The van der Waals surface area contributed by atoms with Crippen LogP contribution in [-0.2, 0) is 26.9 Å². The molecular formula is C12H18ClN5. The minimum atomic E-state index is -0.163. The van der Waals surface area contributed by atoms with Crippen molar-refractivity contribution in [3.63, 3.8) is 0 Å². The SMILES string of the molecule is CCc1nn(C)c(CC(N)c2ccn(C)n2)c1Cl. The topological polar surface area (TPSA) is 61.7 Å². The lowest BCUT2D eigenvalue weighted by atomic mass is 10.1. The van der Waals surface area contributed by atoms with Gasteiger partial charge in [0.25, 0.3) is 0 Å². The van der Waals surface area contributed by atoms with E-state index in [9.17, 15) is 0 Å². The summed E-state index contributed by atoms with van der Waals surface area (Å²) in [6.07, 6.45) is 3.35. The Morgan fingerprint density at radius 1 is 1.39 bits per heavy atom. The van der Waals surface area contributed by atoms with E-state index in [1.165, 1.54) is 0 Å². The van der Waals surface area contributed by atoms with Crippen LogP contribution in [0.3, 0.4) is 0 Å². The van der Waals surface area contributed by atoms with Gasteiger partial charge in [0.1, 0.15) is 0 Å². The van der Waals surface area contributed by atoms with Gasteiger partial charge < -0.3 is 5.73 Å². The molecule has 2 N–H and O–H groups in total. The van der Waals surface area contributed by atoms with Crippen LogP contribution in [0.4, 0.5) is 0 Å². The predicted molar refractivity (Wildman–Crippen MR) is 71.4 cm³/mol. The zero-order chi connectivity index (χ0) is 13.3. The molecule has 0 aliphatic carbocycles. The van der Waals surface area contributed by atoms with E-state index >= 15 is 0 Å². The largest absolute Gasteiger partial charge is 0.322 e. The molecule has 2 aromatic heterocycles. The van der Waals surface area contributed by atoms with E-state index in [1.54, 1.807) is 4.68 Å². The molecule has 0 aliphatic heterocycles. The third kappa shape index (κ3) is 2.42. The quantitative estimate of drug-likeness (QED) is 0.916. The first-order chi connectivity index (χ1) is 8.52. The number of nitrogens with zero attached hydrogens (tertiary/aromatic N) is 4. The summed E-state index contributed by atoms with van der Waals surface area (Å²) in [6, 6.07) is 1.76. The second kappa shape index (κ2) is 5.12. The molecule has 1 unspecified atom stereocenters.